The van der Waals surface area contributed by atoms with Gasteiger partial charge in [0.25, 0.3) is 0 Å². The zero-order valence-corrected chi connectivity index (χ0v) is 10.5. The van der Waals surface area contributed by atoms with Gasteiger partial charge in [0, 0.05) is 12.1 Å². The van der Waals surface area contributed by atoms with E-state index in [1.807, 2.05) is 0 Å². The molecule has 0 fully saturated rings. The maximum absolute atomic E-state index is 11.4. The Labute approximate surface area is 108 Å². The van der Waals surface area contributed by atoms with E-state index < -0.39 is 6.03 Å². The molecule has 0 unspecified atom stereocenters. The molecular weight excluding hydrogens is 265 g/mol. The molecule has 0 saturated heterocycles. The quantitative estimate of drug-likeness (QED) is 0.788. The van der Waals surface area contributed by atoms with Crippen molar-refractivity contribution in [1.82, 2.24) is 10.6 Å². The first-order valence-corrected chi connectivity index (χ1v) is 5.49. The van der Waals surface area contributed by atoms with E-state index in [1.54, 1.807) is 12.1 Å². The van der Waals surface area contributed by atoms with Gasteiger partial charge >= 0.3 is 6.03 Å². The third-order valence-corrected chi connectivity index (χ3v) is 2.42. The highest BCUT2D eigenvalue weighted by molar-refractivity contribution is 6.36. The van der Waals surface area contributed by atoms with E-state index in [-0.39, 0.29) is 12.5 Å². The maximum Gasteiger partial charge on any atom is 0.319 e. The molecular formula is C10H11Cl2N3O2. The number of carbonyl (C=O) groups is 2. The second-order valence-electron chi connectivity index (χ2n) is 3.11. The van der Waals surface area contributed by atoms with Gasteiger partial charge < -0.3 is 16.0 Å². The minimum absolute atomic E-state index is 0.104. The molecule has 0 spiro atoms. The first-order valence-electron chi connectivity index (χ1n) is 4.73. The number of urea groups is 1. The van der Waals surface area contributed by atoms with Crippen molar-refractivity contribution < 1.29 is 9.59 Å². The lowest BCUT2D eigenvalue weighted by Crippen LogP contribution is -2.37. The molecule has 0 saturated carbocycles. The monoisotopic (exact) mass is 275 g/mol. The molecule has 0 aliphatic rings. The summed E-state index contributed by atoms with van der Waals surface area (Å²) in [5.74, 6) is -0.289. The van der Waals surface area contributed by atoms with Crippen LogP contribution in [-0.4, -0.2) is 25.5 Å². The van der Waals surface area contributed by atoms with Crippen molar-refractivity contribution in [2.45, 2.75) is 0 Å². The van der Waals surface area contributed by atoms with Crippen molar-refractivity contribution in [2.24, 2.45) is 0 Å². The largest absolute Gasteiger partial charge is 0.358 e. The lowest BCUT2D eigenvalue weighted by molar-refractivity contribution is -0.119. The predicted octanol–water partition coefficient (Wildman–Crippen LogP) is 1.86. The van der Waals surface area contributed by atoms with Gasteiger partial charge in [-0.1, -0.05) is 23.2 Å². The van der Waals surface area contributed by atoms with Crippen molar-refractivity contribution in [3.05, 3.63) is 28.2 Å². The fourth-order valence-corrected chi connectivity index (χ4v) is 1.46. The van der Waals surface area contributed by atoms with E-state index in [1.165, 1.54) is 13.1 Å². The Bertz CT molecular complexity index is 438. The number of benzene rings is 1. The molecule has 0 aliphatic carbocycles. The summed E-state index contributed by atoms with van der Waals surface area (Å²) in [6, 6.07) is 4.17. The molecule has 0 radical (unpaired) electrons. The summed E-state index contributed by atoms with van der Waals surface area (Å²) in [6.45, 7) is -0.104. The summed E-state index contributed by atoms with van der Waals surface area (Å²) in [5, 5.41) is 8.05. The summed E-state index contributed by atoms with van der Waals surface area (Å²) in [4.78, 5) is 22.3. The molecule has 1 aromatic carbocycles. The molecule has 0 atom stereocenters. The Morgan fingerprint density at radius 3 is 2.59 bits per heavy atom. The summed E-state index contributed by atoms with van der Waals surface area (Å²) >= 11 is 11.6. The second-order valence-corrected chi connectivity index (χ2v) is 3.95. The fraction of sp³-hybridized carbons (Fsp3) is 0.200. The van der Waals surface area contributed by atoms with Crippen molar-refractivity contribution in [1.29, 1.82) is 0 Å². The standard InChI is InChI=1S/C10H11Cl2N3O2/c1-13-9(16)5-14-10(17)15-8-3-2-6(11)4-7(8)12/h2-4H,5H2,1H3,(H,13,16)(H2,14,15,17). The van der Waals surface area contributed by atoms with Gasteiger partial charge in [-0.2, -0.15) is 0 Å². The highest BCUT2D eigenvalue weighted by Crippen LogP contribution is 2.25. The van der Waals surface area contributed by atoms with Crippen molar-refractivity contribution in [3.8, 4) is 0 Å². The van der Waals surface area contributed by atoms with Gasteiger partial charge in [-0.3, -0.25) is 4.79 Å². The summed E-state index contributed by atoms with van der Waals surface area (Å²) in [7, 11) is 1.48. The van der Waals surface area contributed by atoms with Crippen molar-refractivity contribution in [3.63, 3.8) is 0 Å². The van der Waals surface area contributed by atoms with Crippen molar-refractivity contribution >= 4 is 40.8 Å². The number of nitrogens with one attached hydrogen (secondary N) is 3. The number of halogens is 2. The molecule has 3 amide bonds. The molecule has 0 aliphatic heterocycles. The Balaban J connectivity index is 2.53. The van der Waals surface area contributed by atoms with Gasteiger partial charge in [-0.15, -0.1) is 0 Å². The Morgan fingerprint density at radius 1 is 1.29 bits per heavy atom. The topological polar surface area (TPSA) is 70.2 Å². The van der Waals surface area contributed by atoms with E-state index in [2.05, 4.69) is 16.0 Å². The fourth-order valence-electron chi connectivity index (χ4n) is 1.01. The minimum atomic E-state index is -0.516. The average molecular weight is 276 g/mol. The molecule has 7 heteroatoms. The zero-order valence-electron chi connectivity index (χ0n) is 9.01. The molecule has 1 rings (SSSR count). The second kappa shape index (κ2) is 6.32. The van der Waals surface area contributed by atoms with Gasteiger partial charge in [-0.25, -0.2) is 4.79 Å². The molecule has 1 aromatic rings. The number of rotatable bonds is 3. The van der Waals surface area contributed by atoms with E-state index in [9.17, 15) is 9.59 Å². The predicted molar refractivity (Wildman–Crippen MR) is 67.6 cm³/mol. The summed E-state index contributed by atoms with van der Waals surface area (Å²) in [6.07, 6.45) is 0. The van der Waals surface area contributed by atoms with Gasteiger partial charge in [-0.05, 0) is 18.2 Å². The van der Waals surface area contributed by atoms with E-state index in [0.29, 0.717) is 15.7 Å². The van der Waals surface area contributed by atoms with E-state index in [4.69, 9.17) is 23.2 Å². The number of hydrogen-bond donors (Lipinski definition) is 3. The molecule has 0 aromatic heterocycles. The zero-order chi connectivity index (χ0) is 12.8. The molecule has 3 N–H and O–H groups in total. The van der Waals surface area contributed by atoms with Crippen LogP contribution in [-0.2, 0) is 4.79 Å². The SMILES string of the molecule is CNC(=O)CNC(=O)Nc1ccc(Cl)cc1Cl. The van der Waals surface area contributed by atoms with Crippen LogP contribution in [0.3, 0.4) is 0 Å². The highest BCUT2D eigenvalue weighted by Gasteiger charge is 2.07. The van der Waals surface area contributed by atoms with Gasteiger partial charge in [0.15, 0.2) is 0 Å². The van der Waals surface area contributed by atoms with E-state index in [0.717, 1.165) is 0 Å². The number of carbonyl (C=O) groups excluding carboxylic acids is 2. The van der Waals surface area contributed by atoms with Crippen LogP contribution in [0.4, 0.5) is 10.5 Å². The normalized spacial score (nSPS) is 9.59. The number of likely N-dealkylation sites (N-methyl/N-ethyl adjacent to an activating group) is 1. The van der Waals surface area contributed by atoms with Crippen LogP contribution in [0, 0.1) is 0 Å². The first-order chi connectivity index (χ1) is 8.02. The molecule has 0 heterocycles. The van der Waals surface area contributed by atoms with Crippen LogP contribution in [0.15, 0.2) is 18.2 Å². The minimum Gasteiger partial charge on any atom is -0.358 e. The van der Waals surface area contributed by atoms with Crippen LogP contribution in [0.5, 0.6) is 0 Å². The number of anilines is 1. The Kier molecular flexibility index (Phi) is 5.06. The first kappa shape index (κ1) is 13.6. The molecule has 92 valence electrons. The highest BCUT2D eigenvalue weighted by atomic mass is 35.5. The third kappa shape index (κ3) is 4.50. The van der Waals surface area contributed by atoms with Gasteiger partial charge in [0.05, 0.1) is 17.3 Å². The molecule has 17 heavy (non-hydrogen) atoms. The number of amides is 3. The maximum atomic E-state index is 11.4. The lowest BCUT2D eigenvalue weighted by Gasteiger charge is -2.08. The summed E-state index contributed by atoms with van der Waals surface area (Å²) in [5.41, 5.74) is 0.422. The molecule has 0 bridgehead atoms. The average Bonchev–Trinajstić information content (AvgIpc) is 2.29. The summed E-state index contributed by atoms with van der Waals surface area (Å²) < 4.78 is 0. The Hall–Kier alpha value is -1.46. The van der Waals surface area contributed by atoms with Gasteiger partial charge in [0.2, 0.25) is 5.91 Å². The van der Waals surface area contributed by atoms with Crippen LogP contribution in [0.25, 0.3) is 0 Å². The lowest BCUT2D eigenvalue weighted by atomic mass is 10.3. The smallest absolute Gasteiger partial charge is 0.319 e. The van der Waals surface area contributed by atoms with Crippen LogP contribution in [0.1, 0.15) is 0 Å². The van der Waals surface area contributed by atoms with Crippen LogP contribution >= 0.6 is 23.2 Å². The molecule has 5 nitrogen and oxygen atoms in total. The Morgan fingerprint density at radius 2 is 2.00 bits per heavy atom. The van der Waals surface area contributed by atoms with Crippen molar-refractivity contribution in [2.75, 3.05) is 18.9 Å². The van der Waals surface area contributed by atoms with Gasteiger partial charge in [0.1, 0.15) is 0 Å². The third-order valence-electron chi connectivity index (χ3n) is 1.87. The van der Waals surface area contributed by atoms with E-state index >= 15 is 0 Å². The number of hydrogen-bond acceptors (Lipinski definition) is 2. The van der Waals surface area contributed by atoms with Crippen LogP contribution in [0.2, 0.25) is 10.0 Å². The van der Waals surface area contributed by atoms with Crippen LogP contribution < -0.4 is 16.0 Å².